The quantitative estimate of drug-likeness (QED) is 0.328. The average Bonchev–Trinajstić information content (AvgIpc) is 2.70. The lowest BCUT2D eigenvalue weighted by Gasteiger charge is -2.13. The third-order valence-corrected chi connectivity index (χ3v) is 4.77. The van der Waals surface area contributed by atoms with Gasteiger partial charge in [0.15, 0.2) is 0 Å². The third kappa shape index (κ3) is 6.65. The Labute approximate surface area is 169 Å². The van der Waals surface area contributed by atoms with Crippen LogP contribution in [0.2, 0.25) is 0 Å². The van der Waals surface area contributed by atoms with E-state index in [1.54, 1.807) is 6.92 Å². The molecule has 0 amide bonds. The summed E-state index contributed by atoms with van der Waals surface area (Å²) < 4.78 is 5.24. The highest BCUT2D eigenvalue weighted by Crippen LogP contribution is 2.27. The number of ether oxygens (including phenoxy) is 1. The van der Waals surface area contributed by atoms with Crippen molar-refractivity contribution in [2.24, 2.45) is 0 Å². The Morgan fingerprint density at radius 2 is 1.71 bits per heavy atom. The van der Waals surface area contributed by atoms with Crippen molar-refractivity contribution in [3.8, 4) is 11.1 Å². The molecule has 0 heterocycles. The van der Waals surface area contributed by atoms with Gasteiger partial charge in [-0.15, -0.1) is 0 Å². The highest BCUT2D eigenvalue weighted by molar-refractivity contribution is 5.86. The molecule has 1 N–H and O–H groups in total. The molecule has 0 spiro atoms. The third-order valence-electron chi connectivity index (χ3n) is 4.77. The maximum atomic E-state index is 11.6. The Hall–Kier alpha value is -2.39. The number of rotatable bonds is 11. The van der Waals surface area contributed by atoms with Gasteiger partial charge in [0.1, 0.15) is 0 Å². The number of aliphatic hydroxyl groups excluding tert-OH is 1. The van der Waals surface area contributed by atoms with Crippen LogP contribution in [0.3, 0.4) is 0 Å². The summed E-state index contributed by atoms with van der Waals surface area (Å²) in [6.07, 6.45) is 5.48. The van der Waals surface area contributed by atoms with Crippen molar-refractivity contribution < 1.29 is 14.6 Å². The summed E-state index contributed by atoms with van der Waals surface area (Å²) in [7, 11) is 0. The first-order chi connectivity index (χ1) is 13.5. The maximum Gasteiger partial charge on any atom is 0.333 e. The number of esters is 1. The van der Waals surface area contributed by atoms with Gasteiger partial charge in [0.25, 0.3) is 0 Å². The van der Waals surface area contributed by atoms with E-state index in [1.807, 2.05) is 0 Å². The second kappa shape index (κ2) is 11.5. The number of benzene rings is 2. The lowest BCUT2D eigenvalue weighted by atomic mass is 9.93. The van der Waals surface area contributed by atoms with Crippen LogP contribution in [-0.2, 0) is 28.8 Å². The fourth-order valence-corrected chi connectivity index (χ4v) is 3.26. The number of hydrogen-bond donors (Lipinski definition) is 1. The average molecular weight is 381 g/mol. The minimum atomic E-state index is -0.330. The van der Waals surface area contributed by atoms with Crippen molar-refractivity contribution in [1.82, 2.24) is 0 Å². The molecule has 3 heteroatoms. The Kier molecular flexibility index (Phi) is 8.96. The zero-order valence-electron chi connectivity index (χ0n) is 17.2. The van der Waals surface area contributed by atoms with Crippen molar-refractivity contribution in [1.29, 1.82) is 0 Å². The molecule has 0 aliphatic rings. The first kappa shape index (κ1) is 21.9. The molecule has 0 saturated heterocycles. The second-order valence-electron chi connectivity index (χ2n) is 7.29. The van der Waals surface area contributed by atoms with Gasteiger partial charge in [0, 0.05) is 12.2 Å². The molecule has 0 aliphatic heterocycles. The summed E-state index contributed by atoms with van der Waals surface area (Å²) in [4.78, 5) is 11.6. The van der Waals surface area contributed by atoms with Gasteiger partial charge in [0.05, 0.1) is 6.61 Å². The predicted molar refractivity (Wildman–Crippen MR) is 115 cm³/mol. The molecule has 2 aromatic carbocycles. The zero-order valence-corrected chi connectivity index (χ0v) is 17.2. The van der Waals surface area contributed by atoms with Gasteiger partial charge in [-0.05, 0) is 66.8 Å². The van der Waals surface area contributed by atoms with E-state index in [1.165, 1.54) is 27.8 Å². The monoisotopic (exact) mass is 380 g/mol. The van der Waals surface area contributed by atoms with E-state index in [2.05, 4.69) is 56.0 Å². The van der Waals surface area contributed by atoms with E-state index in [0.717, 1.165) is 38.5 Å². The van der Waals surface area contributed by atoms with Crippen LogP contribution in [0, 0.1) is 0 Å². The van der Waals surface area contributed by atoms with Gasteiger partial charge in [-0.25, -0.2) is 4.79 Å². The van der Waals surface area contributed by atoms with Crippen molar-refractivity contribution in [2.45, 2.75) is 52.4 Å². The van der Waals surface area contributed by atoms with Crippen molar-refractivity contribution in [2.75, 3.05) is 13.2 Å². The molecular formula is C25H32O3. The predicted octanol–water partition coefficient (Wildman–Crippen LogP) is 5.28. The summed E-state index contributed by atoms with van der Waals surface area (Å²) in [6, 6.07) is 15.3. The van der Waals surface area contributed by atoms with Crippen molar-refractivity contribution in [3.63, 3.8) is 0 Å². The van der Waals surface area contributed by atoms with Crippen LogP contribution in [0.4, 0.5) is 0 Å². The summed E-state index contributed by atoms with van der Waals surface area (Å²) in [5.74, 6) is -0.330. The fraction of sp³-hybridized carbons (Fsp3) is 0.400. The van der Waals surface area contributed by atoms with Gasteiger partial charge in [0.2, 0.25) is 0 Å². The van der Waals surface area contributed by atoms with Crippen LogP contribution in [0.1, 0.15) is 49.8 Å². The first-order valence-corrected chi connectivity index (χ1v) is 10.2. The first-order valence-electron chi connectivity index (χ1n) is 10.2. The maximum absolute atomic E-state index is 11.6. The molecule has 0 fully saturated rings. The van der Waals surface area contributed by atoms with E-state index >= 15 is 0 Å². The van der Waals surface area contributed by atoms with E-state index < -0.39 is 0 Å². The molecule has 28 heavy (non-hydrogen) atoms. The van der Waals surface area contributed by atoms with Crippen LogP contribution in [0.25, 0.3) is 11.1 Å². The van der Waals surface area contributed by atoms with E-state index in [0.29, 0.717) is 12.2 Å². The van der Waals surface area contributed by atoms with Crippen LogP contribution in [0.15, 0.2) is 54.6 Å². The molecule has 2 rings (SSSR count). The molecule has 150 valence electrons. The van der Waals surface area contributed by atoms with Gasteiger partial charge >= 0.3 is 5.97 Å². The number of aliphatic hydroxyl groups is 1. The van der Waals surface area contributed by atoms with Crippen molar-refractivity contribution >= 4 is 5.97 Å². The Morgan fingerprint density at radius 1 is 1.00 bits per heavy atom. The standard InChI is InChI=1S/C25H32O3/c1-4-7-20-10-13-22(14-11-20)24-15-12-21(8-5-16-26)18-23(24)9-6-17-28-25(27)19(2)3/h10-15,18,26H,2,4-9,16-17H2,1,3H3. The van der Waals surface area contributed by atoms with Crippen LogP contribution in [-0.4, -0.2) is 24.3 Å². The zero-order chi connectivity index (χ0) is 20.4. The van der Waals surface area contributed by atoms with E-state index in [4.69, 9.17) is 9.84 Å². The minimum Gasteiger partial charge on any atom is -0.462 e. The van der Waals surface area contributed by atoms with Crippen molar-refractivity contribution in [3.05, 3.63) is 71.3 Å². The Balaban J connectivity index is 2.16. The molecule has 0 atom stereocenters. The largest absolute Gasteiger partial charge is 0.462 e. The summed E-state index contributed by atoms with van der Waals surface area (Å²) in [5, 5.41) is 9.11. The van der Waals surface area contributed by atoms with Gasteiger partial charge in [-0.2, -0.15) is 0 Å². The van der Waals surface area contributed by atoms with Crippen LogP contribution < -0.4 is 0 Å². The number of carbonyl (C=O) groups excluding carboxylic acids is 1. The number of aryl methyl sites for hydroxylation is 3. The van der Waals surface area contributed by atoms with Gasteiger partial charge in [-0.3, -0.25) is 0 Å². The lowest BCUT2D eigenvalue weighted by molar-refractivity contribution is -0.139. The summed E-state index contributed by atoms with van der Waals surface area (Å²) in [6.45, 7) is 8.05. The summed E-state index contributed by atoms with van der Waals surface area (Å²) >= 11 is 0. The van der Waals surface area contributed by atoms with E-state index in [-0.39, 0.29) is 12.6 Å². The molecule has 2 aromatic rings. The van der Waals surface area contributed by atoms with Crippen LogP contribution in [0.5, 0.6) is 0 Å². The Bertz CT molecular complexity index is 775. The highest BCUT2D eigenvalue weighted by atomic mass is 16.5. The Morgan fingerprint density at radius 3 is 2.36 bits per heavy atom. The molecule has 0 radical (unpaired) electrons. The summed E-state index contributed by atoms with van der Waals surface area (Å²) in [5.41, 5.74) is 6.71. The molecule has 0 unspecified atom stereocenters. The van der Waals surface area contributed by atoms with Crippen LogP contribution >= 0.6 is 0 Å². The second-order valence-corrected chi connectivity index (χ2v) is 7.29. The highest BCUT2D eigenvalue weighted by Gasteiger charge is 2.09. The van der Waals surface area contributed by atoms with E-state index in [9.17, 15) is 4.79 Å². The molecular weight excluding hydrogens is 348 g/mol. The van der Waals surface area contributed by atoms with Gasteiger partial charge < -0.3 is 9.84 Å². The molecule has 0 bridgehead atoms. The smallest absolute Gasteiger partial charge is 0.333 e. The number of carbonyl (C=O) groups is 1. The molecule has 0 aromatic heterocycles. The van der Waals surface area contributed by atoms with Gasteiger partial charge in [-0.1, -0.05) is 62.4 Å². The minimum absolute atomic E-state index is 0.201. The normalized spacial score (nSPS) is 10.7. The molecule has 3 nitrogen and oxygen atoms in total. The SMILES string of the molecule is C=C(C)C(=O)OCCCc1cc(CCCO)ccc1-c1ccc(CCC)cc1. The number of hydrogen-bond acceptors (Lipinski definition) is 3. The topological polar surface area (TPSA) is 46.5 Å². The molecule has 0 saturated carbocycles. The fourth-order valence-electron chi connectivity index (χ4n) is 3.26. The lowest BCUT2D eigenvalue weighted by Crippen LogP contribution is -2.07. The molecule has 0 aliphatic carbocycles.